The lowest BCUT2D eigenvalue weighted by Crippen LogP contribution is -2.39. The van der Waals surface area contributed by atoms with Crippen LogP contribution in [0, 0.1) is 0 Å². The van der Waals surface area contributed by atoms with Gasteiger partial charge in [-0.15, -0.1) is 24.0 Å². The Balaban J connectivity index is 0.00000341. The summed E-state index contributed by atoms with van der Waals surface area (Å²) in [7, 11) is 7.10. The van der Waals surface area contributed by atoms with Crippen LogP contribution in [0.1, 0.15) is 11.1 Å². The number of guanidine groups is 1. The van der Waals surface area contributed by atoms with Crippen LogP contribution in [0.5, 0.6) is 11.5 Å². The summed E-state index contributed by atoms with van der Waals surface area (Å²) in [5.74, 6) is 3.09. The zero-order valence-electron chi connectivity index (χ0n) is 18.3. The molecule has 0 aliphatic rings. The van der Waals surface area contributed by atoms with E-state index in [4.69, 9.17) is 9.47 Å². The van der Waals surface area contributed by atoms with E-state index in [0.717, 1.165) is 41.8 Å². The highest BCUT2D eigenvalue weighted by Crippen LogP contribution is 2.27. The van der Waals surface area contributed by atoms with Gasteiger partial charge in [-0.25, -0.2) is 9.67 Å². The highest BCUT2D eigenvalue weighted by molar-refractivity contribution is 14.0. The van der Waals surface area contributed by atoms with E-state index in [1.54, 1.807) is 38.3 Å². The van der Waals surface area contributed by atoms with Crippen molar-refractivity contribution in [2.75, 3.05) is 34.9 Å². The van der Waals surface area contributed by atoms with E-state index < -0.39 is 0 Å². The maximum Gasteiger partial charge on any atom is 0.193 e. The van der Waals surface area contributed by atoms with E-state index >= 15 is 0 Å². The highest BCUT2D eigenvalue weighted by atomic mass is 127. The number of methoxy groups -OCH3 is 2. The molecule has 3 rings (SSSR count). The fraction of sp³-hybridized carbons (Fsp3) is 0.318. The summed E-state index contributed by atoms with van der Waals surface area (Å²) in [5, 5.41) is 7.64. The molecule has 0 aliphatic heterocycles. The van der Waals surface area contributed by atoms with Gasteiger partial charge in [0.25, 0.3) is 0 Å². The minimum Gasteiger partial charge on any atom is -0.493 e. The van der Waals surface area contributed by atoms with Gasteiger partial charge in [-0.05, 0) is 47.9 Å². The van der Waals surface area contributed by atoms with Gasteiger partial charge < -0.3 is 19.7 Å². The predicted octanol–water partition coefficient (Wildman–Crippen LogP) is 3.15. The number of ether oxygens (including phenoxy) is 2. The molecule has 0 bridgehead atoms. The van der Waals surface area contributed by atoms with E-state index in [1.165, 1.54) is 5.56 Å². The van der Waals surface area contributed by atoms with Crippen LogP contribution in [0.25, 0.3) is 5.82 Å². The number of nitrogens with one attached hydrogen (secondary N) is 1. The average Bonchev–Trinajstić information content (AvgIpc) is 3.33. The molecule has 9 heteroatoms. The fourth-order valence-electron chi connectivity index (χ4n) is 3.10. The van der Waals surface area contributed by atoms with Crippen molar-refractivity contribution in [3.8, 4) is 17.3 Å². The molecule has 0 radical (unpaired) electrons. The van der Waals surface area contributed by atoms with Crippen molar-refractivity contribution in [3.63, 3.8) is 0 Å². The molecular weight excluding hydrogens is 507 g/mol. The topological polar surface area (TPSA) is 76.8 Å². The maximum atomic E-state index is 5.39. The van der Waals surface area contributed by atoms with Crippen LogP contribution in [-0.2, 0) is 13.0 Å². The number of aliphatic imine (C=N–C) groups is 1. The Morgan fingerprint density at radius 2 is 1.90 bits per heavy atom. The molecular formula is C22H29IN6O2. The lowest BCUT2D eigenvalue weighted by Gasteiger charge is -2.22. The van der Waals surface area contributed by atoms with Crippen molar-refractivity contribution in [3.05, 3.63) is 66.1 Å². The molecule has 2 heterocycles. The minimum atomic E-state index is 0. The van der Waals surface area contributed by atoms with Gasteiger partial charge in [0.1, 0.15) is 0 Å². The fourth-order valence-corrected chi connectivity index (χ4v) is 3.10. The van der Waals surface area contributed by atoms with Crippen LogP contribution >= 0.6 is 24.0 Å². The molecule has 0 spiro atoms. The Kier molecular flexibility index (Phi) is 9.57. The number of hydrogen-bond donors (Lipinski definition) is 1. The molecule has 166 valence electrons. The van der Waals surface area contributed by atoms with E-state index in [9.17, 15) is 0 Å². The first kappa shape index (κ1) is 24.4. The summed E-state index contributed by atoms with van der Waals surface area (Å²) in [4.78, 5) is 10.9. The normalized spacial score (nSPS) is 10.9. The van der Waals surface area contributed by atoms with E-state index in [1.807, 2.05) is 43.6 Å². The second-order valence-corrected chi connectivity index (χ2v) is 6.73. The Morgan fingerprint density at radius 3 is 2.58 bits per heavy atom. The molecule has 31 heavy (non-hydrogen) atoms. The van der Waals surface area contributed by atoms with Crippen LogP contribution in [0.4, 0.5) is 0 Å². The Hall–Kier alpha value is -2.82. The Bertz CT molecular complexity index is 978. The zero-order chi connectivity index (χ0) is 21.3. The summed E-state index contributed by atoms with van der Waals surface area (Å²) in [6, 6.07) is 11.9. The predicted molar refractivity (Wildman–Crippen MR) is 133 cm³/mol. The van der Waals surface area contributed by atoms with Crippen molar-refractivity contribution in [1.82, 2.24) is 25.0 Å². The second-order valence-electron chi connectivity index (χ2n) is 6.73. The maximum absolute atomic E-state index is 5.39. The Labute approximate surface area is 200 Å². The van der Waals surface area contributed by atoms with Crippen LogP contribution in [0.15, 0.2) is 60.0 Å². The minimum absolute atomic E-state index is 0. The van der Waals surface area contributed by atoms with E-state index in [0.29, 0.717) is 6.54 Å². The van der Waals surface area contributed by atoms with Gasteiger partial charge in [-0.1, -0.05) is 6.07 Å². The van der Waals surface area contributed by atoms with Crippen molar-refractivity contribution in [2.45, 2.75) is 13.0 Å². The summed E-state index contributed by atoms with van der Waals surface area (Å²) < 4.78 is 12.4. The molecule has 0 atom stereocenters. The molecule has 0 aliphatic carbocycles. The van der Waals surface area contributed by atoms with Crippen molar-refractivity contribution in [1.29, 1.82) is 0 Å². The number of nitrogens with zero attached hydrogens (tertiary/aromatic N) is 5. The Morgan fingerprint density at radius 1 is 1.10 bits per heavy atom. The number of pyridine rings is 1. The molecule has 0 fully saturated rings. The molecule has 3 aromatic rings. The largest absolute Gasteiger partial charge is 0.493 e. The second kappa shape index (κ2) is 12.1. The molecule has 1 N–H and O–H groups in total. The van der Waals surface area contributed by atoms with E-state index in [2.05, 4.69) is 31.4 Å². The molecule has 0 amide bonds. The molecule has 8 nitrogen and oxygen atoms in total. The average molecular weight is 536 g/mol. The van der Waals surface area contributed by atoms with Crippen LogP contribution in [-0.4, -0.2) is 60.5 Å². The molecule has 0 saturated carbocycles. The molecule has 0 unspecified atom stereocenters. The lowest BCUT2D eigenvalue weighted by atomic mass is 10.1. The third kappa shape index (κ3) is 6.58. The summed E-state index contributed by atoms with van der Waals surface area (Å²) in [6.45, 7) is 1.45. The number of rotatable bonds is 8. The van der Waals surface area contributed by atoms with Crippen molar-refractivity contribution >= 4 is 29.9 Å². The standard InChI is InChI=1S/C22H28N6O2.HI/c1-23-22(25-16-18-8-11-24-21(15-18)28-12-5-10-26-28)27(2)13-9-17-6-7-19(29-3)20(14-17)30-4;/h5-8,10-12,14-15H,9,13,16H2,1-4H3,(H,23,25);1H. The van der Waals surface area contributed by atoms with Gasteiger partial charge in [0, 0.05) is 45.8 Å². The number of likely N-dealkylation sites (N-methyl/N-ethyl adjacent to an activating group) is 1. The molecule has 2 aromatic heterocycles. The van der Waals surface area contributed by atoms with Gasteiger partial charge in [0.05, 0.1) is 14.2 Å². The number of hydrogen-bond acceptors (Lipinski definition) is 5. The number of aromatic nitrogens is 3. The van der Waals surface area contributed by atoms with Gasteiger partial charge in [-0.2, -0.15) is 5.10 Å². The molecule has 0 saturated heterocycles. The smallest absolute Gasteiger partial charge is 0.193 e. The summed E-state index contributed by atoms with van der Waals surface area (Å²) in [6.07, 6.45) is 6.26. The monoisotopic (exact) mass is 536 g/mol. The first-order chi connectivity index (χ1) is 14.6. The molecule has 1 aromatic carbocycles. The van der Waals surface area contributed by atoms with Crippen LogP contribution < -0.4 is 14.8 Å². The third-order valence-corrected chi connectivity index (χ3v) is 4.76. The zero-order valence-corrected chi connectivity index (χ0v) is 20.6. The lowest BCUT2D eigenvalue weighted by molar-refractivity contribution is 0.354. The van der Waals surface area contributed by atoms with Crippen LogP contribution in [0.3, 0.4) is 0 Å². The van der Waals surface area contributed by atoms with Crippen molar-refractivity contribution < 1.29 is 9.47 Å². The summed E-state index contributed by atoms with van der Waals surface area (Å²) >= 11 is 0. The van der Waals surface area contributed by atoms with Crippen LogP contribution in [0.2, 0.25) is 0 Å². The summed E-state index contributed by atoms with van der Waals surface area (Å²) in [5.41, 5.74) is 2.28. The third-order valence-electron chi connectivity index (χ3n) is 4.76. The van der Waals surface area contributed by atoms with Gasteiger partial charge in [-0.3, -0.25) is 4.99 Å². The SMILES string of the molecule is CN=C(NCc1ccnc(-n2cccn2)c1)N(C)CCc1ccc(OC)c(OC)c1.I. The van der Waals surface area contributed by atoms with Gasteiger partial charge in [0.15, 0.2) is 23.3 Å². The van der Waals surface area contributed by atoms with Gasteiger partial charge >= 0.3 is 0 Å². The first-order valence-corrected chi connectivity index (χ1v) is 9.72. The number of benzene rings is 1. The highest BCUT2D eigenvalue weighted by Gasteiger charge is 2.09. The quantitative estimate of drug-likeness (QED) is 0.271. The van der Waals surface area contributed by atoms with Gasteiger partial charge in [0.2, 0.25) is 0 Å². The first-order valence-electron chi connectivity index (χ1n) is 9.72. The van der Waals surface area contributed by atoms with E-state index in [-0.39, 0.29) is 24.0 Å². The van der Waals surface area contributed by atoms with Crippen molar-refractivity contribution in [2.24, 2.45) is 4.99 Å². The number of halogens is 1.